The summed E-state index contributed by atoms with van der Waals surface area (Å²) in [5.74, 6) is -2.24. The van der Waals surface area contributed by atoms with Crippen molar-refractivity contribution in [2.45, 2.75) is 37.5 Å². The molecule has 1 aliphatic heterocycles. The van der Waals surface area contributed by atoms with Gasteiger partial charge in [-0.15, -0.1) is 0 Å². The van der Waals surface area contributed by atoms with Crippen molar-refractivity contribution in [2.24, 2.45) is 28.9 Å². The molecule has 1 saturated heterocycles. The Labute approximate surface area is 161 Å². The Morgan fingerprint density at radius 2 is 1.78 bits per heavy atom. The Morgan fingerprint density at radius 3 is 2.30 bits per heavy atom. The lowest BCUT2D eigenvalue weighted by atomic mass is 9.65. The largest absolute Gasteiger partial charge is 0.369 e. The zero-order valence-corrected chi connectivity index (χ0v) is 15.5. The summed E-state index contributed by atoms with van der Waals surface area (Å²) >= 11 is 6.13. The molecule has 144 valence electrons. The molecule has 0 radical (unpaired) electrons. The summed E-state index contributed by atoms with van der Waals surface area (Å²) in [6.07, 6.45) is 3.43. The predicted octanol–water partition coefficient (Wildman–Crippen LogP) is 3.44. The number of benzene rings is 1. The molecule has 27 heavy (non-hydrogen) atoms. The lowest BCUT2D eigenvalue weighted by Gasteiger charge is -2.41. The average Bonchev–Trinajstić information content (AvgIpc) is 3.02. The maximum absolute atomic E-state index is 13.2. The van der Waals surface area contributed by atoms with Crippen LogP contribution >= 0.6 is 11.6 Å². The molecule has 1 aromatic carbocycles. The molecule has 4 nitrogen and oxygen atoms in total. The van der Waals surface area contributed by atoms with E-state index in [1.54, 1.807) is 12.1 Å². The summed E-state index contributed by atoms with van der Waals surface area (Å²) < 4.78 is 26.5. The first-order chi connectivity index (χ1) is 12.7. The number of nitrogens with zero attached hydrogens (tertiary/aromatic N) is 1. The molecule has 6 rings (SSSR count). The van der Waals surface area contributed by atoms with Gasteiger partial charge in [0.1, 0.15) is 0 Å². The third kappa shape index (κ3) is 2.38. The van der Waals surface area contributed by atoms with E-state index in [9.17, 15) is 18.4 Å². The molecule has 4 aliphatic carbocycles. The number of likely N-dealkylation sites (tertiary alicyclic amines) is 1. The van der Waals surface area contributed by atoms with E-state index in [4.69, 9.17) is 17.3 Å². The van der Waals surface area contributed by atoms with E-state index in [-0.39, 0.29) is 23.1 Å². The summed E-state index contributed by atoms with van der Waals surface area (Å²) in [4.78, 5) is 26.2. The number of alkyl halides is 2. The zero-order valence-electron chi connectivity index (χ0n) is 14.8. The molecule has 2 N–H and O–H groups in total. The van der Waals surface area contributed by atoms with Gasteiger partial charge in [-0.05, 0) is 67.1 Å². The minimum absolute atomic E-state index is 0.161. The zero-order chi connectivity index (χ0) is 19.1. The van der Waals surface area contributed by atoms with Gasteiger partial charge in [0.2, 0.25) is 5.91 Å². The molecule has 4 saturated carbocycles. The Bertz CT molecular complexity index is 834. The van der Waals surface area contributed by atoms with E-state index in [1.807, 2.05) is 6.07 Å². The summed E-state index contributed by atoms with van der Waals surface area (Å²) in [6.45, 7) is -1.08. The molecular weight excluding hydrogens is 374 g/mol. The van der Waals surface area contributed by atoms with Crippen molar-refractivity contribution >= 4 is 23.4 Å². The lowest BCUT2D eigenvalue weighted by Crippen LogP contribution is -2.58. The highest BCUT2D eigenvalue weighted by Gasteiger charge is 2.64. The van der Waals surface area contributed by atoms with Crippen molar-refractivity contribution < 1.29 is 18.4 Å². The standard InChI is InChI=1S/C20H21ClF2N2O2/c21-13-1-2-14(15(5-13)17(26)25-8-20(22,23)9-25)16-10-3-12-4-11(16)7-19(12,6-10)18(24)27/h1-2,5,10-12,16H,3-4,6-9H2,(H2,24,27). The number of carbonyl (C=O) groups excluding carboxylic acids is 2. The Morgan fingerprint density at radius 1 is 1.15 bits per heavy atom. The molecule has 1 aromatic rings. The summed E-state index contributed by atoms with van der Waals surface area (Å²) in [7, 11) is 0. The van der Waals surface area contributed by atoms with Crippen molar-refractivity contribution in [1.82, 2.24) is 4.90 Å². The smallest absolute Gasteiger partial charge is 0.282 e. The first kappa shape index (κ1) is 17.4. The summed E-state index contributed by atoms with van der Waals surface area (Å²) in [5.41, 5.74) is 6.70. The van der Waals surface area contributed by atoms with E-state index in [0.717, 1.165) is 31.2 Å². The third-order valence-corrected chi connectivity index (χ3v) is 7.69. The van der Waals surface area contributed by atoms with Crippen LogP contribution in [0.15, 0.2) is 18.2 Å². The summed E-state index contributed by atoms with van der Waals surface area (Å²) in [5, 5.41) is 0.426. The topological polar surface area (TPSA) is 63.4 Å². The average molecular weight is 395 g/mol. The van der Waals surface area contributed by atoms with Crippen LogP contribution in [0.2, 0.25) is 5.02 Å². The number of rotatable bonds is 3. The van der Waals surface area contributed by atoms with E-state index in [1.165, 1.54) is 4.90 Å². The van der Waals surface area contributed by atoms with Crippen LogP contribution in [0.4, 0.5) is 8.78 Å². The fourth-order valence-electron chi connectivity index (χ4n) is 6.47. The van der Waals surface area contributed by atoms with E-state index < -0.39 is 19.0 Å². The number of carbonyl (C=O) groups is 2. The second-order valence-electron chi connectivity index (χ2n) is 8.89. The Kier molecular flexibility index (Phi) is 3.50. The van der Waals surface area contributed by atoms with E-state index in [2.05, 4.69) is 0 Å². The van der Waals surface area contributed by atoms with Crippen molar-refractivity contribution in [3.63, 3.8) is 0 Å². The molecule has 2 atom stereocenters. The number of halogens is 3. The van der Waals surface area contributed by atoms with Gasteiger partial charge in [0.05, 0.1) is 18.5 Å². The number of hydrogen-bond acceptors (Lipinski definition) is 2. The lowest BCUT2D eigenvalue weighted by molar-refractivity contribution is -0.129. The van der Waals surface area contributed by atoms with E-state index >= 15 is 0 Å². The quantitative estimate of drug-likeness (QED) is 0.853. The fraction of sp³-hybridized carbons (Fsp3) is 0.600. The summed E-state index contributed by atoms with van der Waals surface area (Å²) in [6, 6.07) is 5.25. The van der Waals surface area contributed by atoms with Crippen LogP contribution < -0.4 is 5.73 Å². The number of amides is 2. The van der Waals surface area contributed by atoms with Gasteiger partial charge in [0.15, 0.2) is 0 Å². The second-order valence-corrected chi connectivity index (χ2v) is 9.33. The Balaban J connectivity index is 1.49. The normalized spacial score (nSPS) is 38.1. The highest BCUT2D eigenvalue weighted by atomic mass is 35.5. The van der Waals surface area contributed by atoms with Crippen molar-refractivity contribution in [3.8, 4) is 0 Å². The number of hydrogen-bond donors (Lipinski definition) is 1. The maximum atomic E-state index is 13.2. The minimum Gasteiger partial charge on any atom is -0.369 e. The molecule has 4 bridgehead atoms. The molecule has 5 fully saturated rings. The van der Waals surface area contributed by atoms with Crippen LogP contribution in [0, 0.1) is 23.2 Å². The van der Waals surface area contributed by atoms with Gasteiger partial charge in [-0.1, -0.05) is 17.7 Å². The molecule has 1 heterocycles. The number of nitrogens with two attached hydrogens (primary N) is 1. The predicted molar refractivity (Wildman–Crippen MR) is 95.6 cm³/mol. The fourth-order valence-corrected chi connectivity index (χ4v) is 6.64. The van der Waals surface area contributed by atoms with Gasteiger partial charge < -0.3 is 10.6 Å². The first-order valence-electron chi connectivity index (χ1n) is 9.47. The number of primary amides is 1. The van der Waals surface area contributed by atoms with Crippen LogP contribution in [0.25, 0.3) is 0 Å². The van der Waals surface area contributed by atoms with Gasteiger partial charge in [-0.2, -0.15) is 0 Å². The molecule has 7 heteroatoms. The molecular formula is C20H21ClF2N2O2. The molecule has 0 aromatic heterocycles. The van der Waals surface area contributed by atoms with Crippen molar-refractivity contribution in [2.75, 3.05) is 13.1 Å². The van der Waals surface area contributed by atoms with Crippen LogP contribution in [0.1, 0.15) is 47.5 Å². The van der Waals surface area contributed by atoms with Gasteiger partial charge in [0, 0.05) is 10.6 Å². The molecule has 2 amide bonds. The van der Waals surface area contributed by atoms with Crippen LogP contribution in [-0.4, -0.2) is 35.7 Å². The van der Waals surface area contributed by atoms with Gasteiger partial charge >= 0.3 is 0 Å². The van der Waals surface area contributed by atoms with Gasteiger partial charge in [0.25, 0.3) is 11.8 Å². The highest BCUT2D eigenvalue weighted by molar-refractivity contribution is 6.31. The highest BCUT2D eigenvalue weighted by Crippen LogP contribution is 2.69. The SMILES string of the molecule is NC(=O)C12CC3CC1CC(C2)C3c1ccc(Cl)cc1C(=O)N1CC(F)(F)C1. The van der Waals surface area contributed by atoms with Crippen LogP contribution in [-0.2, 0) is 4.79 Å². The maximum Gasteiger partial charge on any atom is 0.282 e. The van der Waals surface area contributed by atoms with Gasteiger partial charge in [-0.3, -0.25) is 9.59 Å². The molecule has 5 aliphatic rings. The third-order valence-electron chi connectivity index (χ3n) is 7.45. The van der Waals surface area contributed by atoms with Gasteiger partial charge in [-0.25, -0.2) is 8.78 Å². The van der Waals surface area contributed by atoms with Crippen molar-refractivity contribution in [1.29, 1.82) is 0 Å². The monoisotopic (exact) mass is 394 g/mol. The Hall–Kier alpha value is -1.69. The van der Waals surface area contributed by atoms with E-state index in [0.29, 0.717) is 28.3 Å². The molecule has 2 unspecified atom stereocenters. The first-order valence-corrected chi connectivity index (χ1v) is 9.84. The van der Waals surface area contributed by atoms with Crippen LogP contribution in [0.5, 0.6) is 0 Å². The minimum atomic E-state index is -2.80. The van der Waals surface area contributed by atoms with Crippen molar-refractivity contribution in [3.05, 3.63) is 34.3 Å². The second kappa shape index (κ2) is 5.43. The van der Waals surface area contributed by atoms with Crippen LogP contribution in [0.3, 0.4) is 0 Å². The molecule has 0 spiro atoms.